The van der Waals surface area contributed by atoms with Crippen molar-refractivity contribution in [1.29, 1.82) is 0 Å². The second kappa shape index (κ2) is 13.4. The van der Waals surface area contributed by atoms with Gasteiger partial charge < -0.3 is 14.8 Å². The third-order valence-corrected chi connectivity index (χ3v) is 11.4. The van der Waals surface area contributed by atoms with Gasteiger partial charge in [-0.15, -0.1) is 0 Å². The van der Waals surface area contributed by atoms with Gasteiger partial charge in [0.05, 0.1) is 22.1 Å². The average molecular weight is 735 g/mol. The maximum Gasteiger partial charge on any atom is 0.157 e. The standard InChI is InChI=1S/C51H38N6/c1-55-50(35-18-7-3-8-19-35)53-49(54-51(55)37-21-15-20-36(30-37)34-16-5-2-6-17-34)38-28-29-48(52-33-38)57-45-27-14-12-25-41(45)43-31-42-40-24-11-13-26-44(40)56(46(42)32-47(43)57)39-22-9-4-10-23-39/h2-32,50,52H,33H2,1H3. The summed E-state index contributed by atoms with van der Waals surface area (Å²) in [5, 5.41) is 8.75. The van der Waals surface area contributed by atoms with Crippen LogP contribution in [0.4, 0.5) is 0 Å². The monoisotopic (exact) mass is 734 g/mol. The lowest BCUT2D eigenvalue weighted by Crippen LogP contribution is -2.37. The van der Waals surface area contributed by atoms with Gasteiger partial charge in [0.25, 0.3) is 0 Å². The molecular formula is C51H38N6. The first-order valence-corrected chi connectivity index (χ1v) is 19.5. The quantitative estimate of drug-likeness (QED) is 0.185. The Balaban J connectivity index is 1.05. The highest BCUT2D eigenvalue weighted by molar-refractivity contribution is 6.20. The number of dihydropyridines is 1. The summed E-state index contributed by atoms with van der Waals surface area (Å²) in [7, 11) is 2.09. The summed E-state index contributed by atoms with van der Waals surface area (Å²) >= 11 is 0. The smallest absolute Gasteiger partial charge is 0.157 e. The molecule has 0 radical (unpaired) electrons. The van der Waals surface area contributed by atoms with Crippen LogP contribution in [0.5, 0.6) is 0 Å². The fraction of sp³-hybridized carbons (Fsp3) is 0.0588. The third kappa shape index (κ3) is 5.48. The summed E-state index contributed by atoms with van der Waals surface area (Å²) < 4.78 is 4.76. The minimum Gasteiger partial charge on any atom is -0.367 e. The largest absolute Gasteiger partial charge is 0.367 e. The molecule has 1 N–H and O–H groups in total. The lowest BCUT2D eigenvalue weighted by atomic mass is 10.0. The molecule has 0 aliphatic carbocycles. The van der Waals surface area contributed by atoms with Gasteiger partial charge >= 0.3 is 0 Å². The van der Waals surface area contributed by atoms with Crippen LogP contribution in [0.1, 0.15) is 17.3 Å². The molecule has 2 aliphatic heterocycles. The molecule has 2 aromatic heterocycles. The highest BCUT2D eigenvalue weighted by Gasteiger charge is 2.28. The first-order valence-electron chi connectivity index (χ1n) is 19.5. The Labute approximate surface area is 330 Å². The predicted molar refractivity (Wildman–Crippen MR) is 237 cm³/mol. The summed E-state index contributed by atoms with van der Waals surface area (Å²) in [6, 6.07) is 62.5. The van der Waals surface area contributed by atoms with Crippen molar-refractivity contribution >= 4 is 61.1 Å². The Morgan fingerprint density at radius 2 is 1.11 bits per heavy atom. The van der Waals surface area contributed by atoms with Crippen LogP contribution in [0, 0.1) is 0 Å². The van der Waals surface area contributed by atoms with Crippen molar-refractivity contribution in [2.45, 2.75) is 6.17 Å². The molecule has 9 aromatic rings. The second-order valence-corrected chi connectivity index (χ2v) is 14.8. The third-order valence-electron chi connectivity index (χ3n) is 11.4. The molecule has 1 atom stereocenters. The summed E-state index contributed by atoms with van der Waals surface area (Å²) in [4.78, 5) is 12.8. The van der Waals surface area contributed by atoms with E-state index in [-0.39, 0.29) is 6.17 Å². The van der Waals surface area contributed by atoms with Crippen molar-refractivity contribution in [2.75, 3.05) is 13.6 Å². The summed E-state index contributed by atoms with van der Waals surface area (Å²) in [5.41, 5.74) is 11.4. The van der Waals surface area contributed by atoms with E-state index in [2.05, 4.69) is 214 Å². The van der Waals surface area contributed by atoms with Crippen molar-refractivity contribution < 1.29 is 0 Å². The van der Waals surface area contributed by atoms with Gasteiger partial charge in [-0.2, -0.15) is 0 Å². The fourth-order valence-corrected chi connectivity index (χ4v) is 8.68. The molecule has 0 fully saturated rings. The minimum atomic E-state index is -0.225. The number of benzene rings is 7. The van der Waals surface area contributed by atoms with E-state index >= 15 is 0 Å². The molecule has 0 amide bonds. The molecule has 2 aliphatic rings. The van der Waals surface area contributed by atoms with Crippen molar-refractivity contribution in [1.82, 2.24) is 19.4 Å². The molecule has 0 spiro atoms. The van der Waals surface area contributed by atoms with Crippen molar-refractivity contribution in [3.05, 3.63) is 205 Å². The first kappa shape index (κ1) is 32.9. The number of amidine groups is 2. The summed E-state index contributed by atoms with van der Waals surface area (Å²) in [5.74, 6) is 2.64. The number of fused-ring (bicyclic) bond motifs is 6. The number of aromatic nitrogens is 2. The predicted octanol–water partition coefficient (Wildman–Crippen LogP) is 11.4. The molecule has 1 unspecified atom stereocenters. The molecule has 0 saturated heterocycles. The average Bonchev–Trinajstić information content (AvgIpc) is 3.78. The van der Waals surface area contributed by atoms with E-state index in [1.807, 2.05) is 0 Å². The Morgan fingerprint density at radius 1 is 0.509 bits per heavy atom. The molecule has 6 nitrogen and oxygen atoms in total. The summed E-state index contributed by atoms with van der Waals surface area (Å²) in [6.07, 6.45) is 4.15. The van der Waals surface area contributed by atoms with Crippen LogP contribution >= 0.6 is 0 Å². The van der Waals surface area contributed by atoms with Gasteiger partial charge in [0.2, 0.25) is 0 Å². The van der Waals surface area contributed by atoms with Crippen LogP contribution in [0.15, 0.2) is 204 Å². The van der Waals surface area contributed by atoms with Gasteiger partial charge in [0, 0.05) is 52.0 Å². The molecule has 6 heteroatoms. The molecule has 11 rings (SSSR count). The molecule has 0 saturated carbocycles. The SMILES string of the molecule is CN1C(c2cccc(-c3ccccc3)c2)=NC(C2=CC=C(n3c4ccccc4c4cc5c6ccccc6n(-c6ccccc6)c5cc43)NC2)=NC1c1ccccc1. The number of allylic oxidation sites excluding steroid dienone is 2. The molecule has 57 heavy (non-hydrogen) atoms. The fourth-order valence-electron chi connectivity index (χ4n) is 8.68. The number of para-hydroxylation sites is 3. The molecular weight excluding hydrogens is 697 g/mol. The molecule has 7 aromatic carbocycles. The maximum absolute atomic E-state index is 5.30. The van der Waals surface area contributed by atoms with E-state index in [4.69, 9.17) is 9.98 Å². The van der Waals surface area contributed by atoms with Gasteiger partial charge in [-0.3, -0.25) is 4.57 Å². The van der Waals surface area contributed by atoms with Crippen LogP contribution in [0.3, 0.4) is 0 Å². The van der Waals surface area contributed by atoms with Gasteiger partial charge in [0.1, 0.15) is 17.8 Å². The Morgan fingerprint density at radius 3 is 1.81 bits per heavy atom. The zero-order valence-electron chi connectivity index (χ0n) is 31.4. The Bertz CT molecular complexity index is 3130. The van der Waals surface area contributed by atoms with Gasteiger partial charge in [-0.1, -0.05) is 133 Å². The highest BCUT2D eigenvalue weighted by atomic mass is 15.3. The Hall–Kier alpha value is -7.44. The first-order chi connectivity index (χ1) is 28.2. The number of nitrogens with zero attached hydrogens (tertiary/aromatic N) is 5. The molecule has 0 bridgehead atoms. The lowest BCUT2D eigenvalue weighted by molar-refractivity contribution is 0.382. The minimum absolute atomic E-state index is 0.225. The van der Waals surface area contributed by atoms with Gasteiger partial charge in [-0.05, 0) is 71.3 Å². The lowest BCUT2D eigenvalue weighted by Gasteiger charge is -2.33. The Kier molecular flexibility index (Phi) is 7.74. The number of aliphatic imine (C=N–C) groups is 2. The van der Waals surface area contributed by atoms with Gasteiger partial charge in [0.15, 0.2) is 5.84 Å². The van der Waals surface area contributed by atoms with Crippen LogP contribution in [-0.4, -0.2) is 39.3 Å². The van der Waals surface area contributed by atoms with E-state index in [0.29, 0.717) is 6.54 Å². The van der Waals surface area contributed by atoms with E-state index in [0.717, 1.165) is 56.5 Å². The molecule has 4 heterocycles. The number of rotatable bonds is 6. The van der Waals surface area contributed by atoms with Crippen LogP contribution < -0.4 is 5.32 Å². The molecule has 272 valence electrons. The van der Waals surface area contributed by atoms with Crippen molar-refractivity contribution in [2.24, 2.45) is 9.98 Å². The van der Waals surface area contributed by atoms with Crippen molar-refractivity contribution in [3.8, 4) is 16.8 Å². The number of nitrogens with one attached hydrogen (secondary N) is 1. The van der Waals surface area contributed by atoms with Crippen LogP contribution in [0.25, 0.3) is 66.2 Å². The topological polar surface area (TPSA) is 49.9 Å². The zero-order valence-corrected chi connectivity index (χ0v) is 31.4. The second-order valence-electron chi connectivity index (χ2n) is 14.8. The normalized spacial score (nSPS) is 15.7. The summed E-state index contributed by atoms with van der Waals surface area (Å²) in [6.45, 7) is 0.581. The van der Waals surface area contributed by atoms with Gasteiger partial charge in [-0.25, -0.2) is 9.98 Å². The highest BCUT2D eigenvalue weighted by Crippen LogP contribution is 2.40. The van der Waals surface area contributed by atoms with Crippen molar-refractivity contribution in [3.63, 3.8) is 0 Å². The zero-order chi connectivity index (χ0) is 37.9. The van der Waals surface area contributed by atoms with Crippen LogP contribution in [-0.2, 0) is 0 Å². The van der Waals surface area contributed by atoms with E-state index in [1.54, 1.807) is 0 Å². The van der Waals surface area contributed by atoms with Crippen LogP contribution in [0.2, 0.25) is 0 Å². The van der Waals surface area contributed by atoms with E-state index in [1.165, 1.54) is 38.1 Å². The number of hydrogen-bond acceptors (Lipinski definition) is 4. The van der Waals surface area contributed by atoms with E-state index in [9.17, 15) is 0 Å². The van der Waals surface area contributed by atoms with E-state index < -0.39 is 0 Å². The number of hydrogen-bond donors (Lipinski definition) is 1. The maximum atomic E-state index is 5.30.